The van der Waals surface area contributed by atoms with Gasteiger partial charge in [0.15, 0.2) is 6.04 Å². The Bertz CT molecular complexity index is 695. The van der Waals surface area contributed by atoms with E-state index in [0.717, 1.165) is 15.9 Å². The van der Waals surface area contributed by atoms with E-state index in [-0.39, 0.29) is 6.54 Å². The van der Waals surface area contributed by atoms with Gasteiger partial charge in [0, 0.05) is 10.2 Å². The first-order valence-electron chi connectivity index (χ1n) is 6.65. The molecule has 0 saturated heterocycles. The Morgan fingerprint density at radius 1 is 1.32 bits per heavy atom. The normalized spacial score (nSPS) is 12.0. The van der Waals surface area contributed by atoms with E-state index >= 15 is 0 Å². The number of aryl methyl sites for hydroxylation is 2. The molecule has 0 aliphatic heterocycles. The van der Waals surface area contributed by atoms with Gasteiger partial charge in [-0.15, -0.1) is 0 Å². The zero-order valence-corrected chi connectivity index (χ0v) is 13.8. The van der Waals surface area contributed by atoms with Gasteiger partial charge >= 0.3 is 5.97 Å². The number of carbonyl (C=O) groups excluding carboxylic acids is 1. The largest absolute Gasteiger partial charge is 0.479 e. The van der Waals surface area contributed by atoms with Crippen LogP contribution in [0, 0.1) is 13.8 Å². The fraction of sp³-hybridized carbons (Fsp3) is 0.267. The number of aromatic nitrogens is 2. The van der Waals surface area contributed by atoms with Crippen LogP contribution in [0.2, 0.25) is 0 Å². The van der Waals surface area contributed by atoms with Crippen LogP contribution >= 0.6 is 15.9 Å². The van der Waals surface area contributed by atoms with E-state index in [1.807, 2.05) is 19.9 Å². The van der Waals surface area contributed by atoms with Crippen molar-refractivity contribution in [1.29, 1.82) is 0 Å². The molecular weight excluding hydrogens is 350 g/mol. The van der Waals surface area contributed by atoms with Crippen molar-refractivity contribution >= 4 is 27.8 Å². The number of rotatable bonds is 5. The van der Waals surface area contributed by atoms with Crippen molar-refractivity contribution in [3.05, 3.63) is 51.8 Å². The van der Waals surface area contributed by atoms with Crippen LogP contribution in [0.5, 0.6) is 0 Å². The Morgan fingerprint density at radius 3 is 2.45 bits per heavy atom. The second-order valence-electron chi connectivity index (χ2n) is 4.98. The van der Waals surface area contributed by atoms with E-state index < -0.39 is 17.9 Å². The molecule has 0 fully saturated rings. The number of benzene rings is 1. The van der Waals surface area contributed by atoms with Crippen molar-refractivity contribution in [2.75, 3.05) is 0 Å². The first-order valence-corrected chi connectivity index (χ1v) is 7.45. The summed E-state index contributed by atoms with van der Waals surface area (Å²) in [5.74, 6) is -1.51. The van der Waals surface area contributed by atoms with Gasteiger partial charge in [-0.2, -0.15) is 5.10 Å². The summed E-state index contributed by atoms with van der Waals surface area (Å²) in [7, 11) is 0. The van der Waals surface area contributed by atoms with E-state index in [4.69, 9.17) is 0 Å². The predicted octanol–water partition coefficient (Wildman–Crippen LogP) is 2.20. The standard InChI is InChI=1S/C15H16BrN3O3/c1-9-7-10(2)19(18-9)8-13(20)17-14(15(21)22)11-3-5-12(16)6-4-11/h3-7,14H,8H2,1-2H3,(H,17,20)(H,21,22). The summed E-state index contributed by atoms with van der Waals surface area (Å²) in [6.07, 6.45) is 0. The molecule has 2 rings (SSSR count). The zero-order valence-electron chi connectivity index (χ0n) is 12.2. The smallest absolute Gasteiger partial charge is 0.330 e. The van der Waals surface area contributed by atoms with Crippen LogP contribution in [0.4, 0.5) is 0 Å². The van der Waals surface area contributed by atoms with Gasteiger partial charge in [-0.3, -0.25) is 9.48 Å². The first-order chi connectivity index (χ1) is 10.4. The minimum Gasteiger partial charge on any atom is -0.479 e. The van der Waals surface area contributed by atoms with Gasteiger partial charge in [0.2, 0.25) is 5.91 Å². The Balaban J connectivity index is 2.11. The molecule has 7 heteroatoms. The van der Waals surface area contributed by atoms with Crippen molar-refractivity contribution < 1.29 is 14.7 Å². The van der Waals surface area contributed by atoms with Gasteiger partial charge in [0.05, 0.1) is 5.69 Å². The highest BCUT2D eigenvalue weighted by Crippen LogP contribution is 2.17. The quantitative estimate of drug-likeness (QED) is 0.850. The van der Waals surface area contributed by atoms with Gasteiger partial charge < -0.3 is 10.4 Å². The molecule has 1 aromatic heterocycles. The lowest BCUT2D eigenvalue weighted by Gasteiger charge is -2.15. The number of halogens is 1. The molecule has 1 heterocycles. The van der Waals surface area contributed by atoms with Crippen LogP contribution in [0.15, 0.2) is 34.8 Å². The zero-order chi connectivity index (χ0) is 16.3. The molecule has 1 aromatic carbocycles. The van der Waals surface area contributed by atoms with Crippen LogP contribution in [-0.2, 0) is 16.1 Å². The van der Waals surface area contributed by atoms with Crippen molar-refractivity contribution in [1.82, 2.24) is 15.1 Å². The molecule has 1 atom stereocenters. The van der Waals surface area contributed by atoms with Crippen molar-refractivity contribution in [2.24, 2.45) is 0 Å². The number of carboxylic acids is 1. The molecule has 1 amide bonds. The molecule has 116 valence electrons. The summed E-state index contributed by atoms with van der Waals surface area (Å²) in [6, 6.07) is 7.56. The Kier molecular flexibility index (Phi) is 4.97. The average molecular weight is 366 g/mol. The summed E-state index contributed by atoms with van der Waals surface area (Å²) in [6.45, 7) is 3.67. The number of nitrogens with one attached hydrogen (secondary N) is 1. The molecular formula is C15H16BrN3O3. The third kappa shape index (κ3) is 3.94. The van der Waals surface area contributed by atoms with E-state index in [2.05, 4.69) is 26.3 Å². The molecule has 2 aromatic rings. The summed E-state index contributed by atoms with van der Waals surface area (Å²) >= 11 is 3.29. The predicted molar refractivity (Wildman–Crippen MR) is 84.4 cm³/mol. The van der Waals surface area contributed by atoms with Crippen LogP contribution in [-0.4, -0.2) is 26.8 Å². The van der Waals surface area contributed by atoms with Crippen LogP contribution in [0.1, 0.15) is 23.0 Å². The fourth-order valence-corrected chi connectivity index (χ4v) is 2.38. The third-order valence-electron chi connectivity index (χ3n) is 3.15. The number of aliphatic carboxylic acids is 1. The van der Waals surface area contributed by atoms with Gasteiger partial charge in [-0.1, -0.05) is 28.1 Å². The highest BCUT2D eigenvalue weighted by Gasteiger charge is 2.22. The Labute approximate surface area is 136 Å². The molecule has 6 nitrogen and oxygen atoms in total. The highest BCUT2D eigenvalue weighted by atomic mass is 79.9. The number of amides is 1. The maximum Gasteiger partial charge on any atom is 0.330 e. The average Bonchev–Trinajstić information content (AvgIpc) is 2.75. The van der Waals surface area contributed by atoms with Crippen LogP contribution in [0.3, 0.4) is 0 Å². The van der Waals surface area contributed by atoms with E-state index in [0.29, 0.717) is 5.56 Å². The summed E-state index contributed by atoms with van der Waals surface area (Å²) < 4.78 is 2.39. The number of nitrogens with zero attached hydrogens (tertiary/aromatic N) is 2. The van der Waals surface area contributed by atoms with Gasteiger partial charge in [-0.25, -0.2) is 4.79 Å². The summed E-state index contributed by atoms with van der Waals surface area (Å²) in [5.41, 5.74) is 2.17. The fourth-order valence-electron chi connectivity index (χ4n) is 2.12. The van der Waals surface area contributed by atoms with Crippen molar-refractivity contribution in [2.45, 2.75) is 26.4 Å². The summed E-state index contributed by atoms with van der Waals surface area (Å²) in [4.78, 5) is 23.5. The van der Waals surface area contributed by atoms with Gasteiger partial charge in [0.1, 0.15) is 6.54 Å². The Hall–Kier alpha value is -2.15. The third-order valence-corrected chi connectivity index (χ3v) is 3.68. The molecule has 0 spiro atoms. The molecule has 0 aliphatic rings. The number of carbonyl (C=O) groups is 2. The second-order valence-corrected chi connectivity index (χ2v) is 5.89. The van der Waals surface area contributed by atoms with Gasteiger partial charge in [0.25, 0.3) is 0 Å². The monoisotopic (exact) mass is 365 g/mol. The SMILES string of the molecule is Cc1cc(C)n(CC(=O)NC(C(=O)O)c2ccc(Br)cc2)n1. The van der Waals surface area contributed by atoms with Crippen molar-refractivity contribution in [3.63, 3.8) is 0 Å². The molecule has 0 saturated carbocycles. The lowest BCUT2D eigenvalue weighted by Crippen LogP contribution is -2.36. The highest BCUT2D eigenvalue weighted by molar-refractivity contribution is 9.10. The minimum atomic E-state index is -1.11. The number of hydrogen-bond acceptors (Lipinski definition) is 3. The maximum absolute atomic E-state index is 12.1. The molecule has 22 heavy (non-hydrogen) atoms. The van der Waals surface area contributed by atoms with E-state index in [1.165, 1.54) is 0 Å². The number of carboxylic acid groups (broad SMARTS) is 1. The maximum atomic E-state index is 12.1. The van der Waals surface area contributed by atoms with E-state index in [9.17, 15) is 14.7 Å². The van der Waals surface area contributed by atoms with Crippen LogP contribution in [0.25, 0.3) is 0 Å². The molecule has 1 unspecified atom stereocenters. The molecule has 0 radical (unpaired) electrons. The van der Waals surface area contributed by atoms with E-state index in [1.54, 1.807) is 28.9 Å². The topological polar surface area (TPSA) is 84.2 Å². The van der Waals surface area contributed by atoms with Gasteiger partial charge in [-0.05, 0) is 37.6 Å². The first kappa shape index (κ1) is 16.2. The second kappa shape index (κ2) is 6.74. The lowest BCUT2D eigenvalue weighted by molar-refractivity contribution is -0.142. The van der Waals surface area contributed by atoms with Crippen LogP contribution < -0.4 is 5.32 Å². The lowest BCUT2D eigenvalue weighted by atomic mass is 10.1. The van der Waals surface area contributed by atoms with Crippen molar-refractivity contribution in [3.8, 4) is 0 Å². The molecule has 0 bridgehead atoms. The minimum absolute atomic E-state index is 0.0139. The number of hydrogen-bond donors (Lipinski definition) is 2. The molecule has 0 aliphatic carbocycles. The molecule has 2 N–H and O–H groups in total. The summed E-state index contributed by atoms with van der Waals surface area (Å²) in [5, 5.41) is 16.0. The Morgan fingerprint density at radius 2 is 1.95 bits per heavy atom.